The molecule has 0 spiro atoms. The molecule has 0 saturated heterocycles. The minimum atomic E-state index is -0.981. The summed E-state index contributed by atoms with van der Waals surface area (Å²) in [4.78, 5) is 10.7. The second kappa shape index (κ2) is 5.20. The molecule has 1 heterocycles. The predicted molar refractivity (Wildman–Crippen MR) is 80.3 cm³/mol. The van der Waals surface area contributed by atoms with E-state index < -0.39 is 5.97 Å². The van der Waals surface area contributed by atoms with Crippen LogP contribution in [0.4, 0.5) is 0 Å². The van der Waals surface area contributed by atoms with Crippen molar-refractivity contribution >= 4 is 23.1 Å². The first-order valence-corrected chi connectivity index (χ1v) is 6.47. The van der Waals surface area contributed by atoms with Crippen molar-refractivity contribution in [3.63, 3.8) is 0 Å². The molecule has 3 aromatic rings. The molecule has 5 heteroatoms. The van der Waals surface area contributed by atoms with Crippen LogP contribution in [0.25, 0.3) is 22.8 Å². The molecule has 0 fully saturated rings. The number of nitrogens with zero attached hydrogens (tertiary/aromatic N) is 3. The van der Waals surface area contributed by atoms with Crippen molar-refractivity contribution in [3.8, 4) is 5.69 Å². The molecule has 0 aliphatic rings. The Hall–Kier alpha value is -2.95. The lowest BCUT2D eigenvalue weighted by Crippen LogP contribution is -2.00. The van der Waals surface area contributed by atoms with Gasteiger partial charge in [0.15, 0.2) is 0 Å². The van der Waals surface area contributed by atoms with Gasteiger partial charge in [0.1, 0.15) is 5.52 Å². The summed E-state index contributed by atoms with van der Waals surface area (Å²) in [5.74, 6) is -0.981. The van der Waals surface area contributed by atoms with Crippen molar-refractivity contribution in [2.75, 3.05) is 0 Å². The van der Waals surface area contributed by atoms with Crippen molar-refractivity contribution in [2.45, 2.75) is 6.92 Å². The fraction of sp³-hybridized carbons (Fsp3) is 0.0625. The monoisotopic (exact) mass is 279 g/mol. The number of hydrogen-bond acceptors (Lipinski definition) is 3. The van der Waals surface area contributed by atoms with Gasteiger partial charge in [-0.05, 0) is 37.3 Å². The zero-order valence-electron chi connectivity index (χ0n) is 11.4. The highest BCUT2D eigenvalue weighted by Gasteiger charge is 2.09. The van der Waals surface area contributed by atoms with Crippen LogP contribution in [0.15, 0.2) is 48.5 Å². The lowest BCUT2D eigenvalue weighted by molar-refractivity contribution is -0.131. The van der Waals surface area contributed by atoms with Gasteiger partial charge in [-0.15, -0.1) is 5.10 Å². The Balaban J connectivity index is 2.20. The Morgan fingerprint density at radius 3 is 2.86 bits per heavy atom. The normalized spacial score (nSPS) is 11.3. The predicted octanol–water partition coefficient (Wildman–Crippen LogP) is 2.83. The number of benzene rings is 2. The van der Waals surface area contributed by atoms with Gasteiger partial charge in [0.2, 0.25) is 0 Å². The number of aliphatic carboxylic acids is 1. The lowest BCUT2D eigenvalue weighted by atomic mass is 10.1. The van der Waals surface area contributed by atoms with E-state index in [0.29, 0.717) is 0 Å². The van der Waals surface area contributed by atoms with E-state index in [9.17, 15) is 4.79 Å². The molecule has 2 aromatic carbocycles. The number of aromatic nitrogens is 3. The molecule has 0 bridgehead atoms. The molecule has 5 nitrogen and oxygen atoms in total. The van der Waals surface area contributed by atoms with Gasteiger partial charge in [-0.2, -0.15) is 0 Å². The Morgan fingerprint density at radius 1 is 1.24 bits per heavy atom. The average Bonchev–Trinajstić information content (AvgIpc) is 2.89. The molecule has 0 aliphatic heterocycles. The number of rotatable bonds is 3. The molecule has 0 aliphatic carbocycles. The van der Waals surface area contributed by atoms with Gasteiger partial charge in [-0.25, -0.2) is 9.48 Å². The third-order valence-electron chi connectivity index (χ3n) is 3.17. The second-order valence-corrected chi connectivity index (χ2v) is 4.72. The quantitative estimate of drug-likeness (QED) is 0.748. The molecule has 3 rings (SSSR count). The largest absolute Gasteiger partial charge is 0.478 e. The van der Waals surface area contributed by atoms with E-state index in [0.717, 1.165) is 33.9 Å². The Labute approximate surface area is 121 Å². The number of hydrogen-bond donors (Lipinski definition) is 1. The van der Waals surface area contributed by atoms with Gasteiger partial charge in [0, 0.05) is 11.6 Å². The first-order chi connectivity index (χ1) is 10.1. The van der Waals surface area contributed by atoms with Crippen LogP contribution in [-0.2, 0) is 4.79 Å². The molecule has 0 unspecified atom stereocenters. The first kappa shape index (κ1) is 13.1. The molecule has 1 N–H and O–H groups in total. The van der Waals surface area contributed by atoms with E-state index in [-0.39, 0.29) is 0 Å². The maximum atomic E-state index is 10.7. The summed E-state index contributed by atoms with van der Waals surface area (Å²) in [6.07, 6.45) is 2.69. The van der Waals surface area contributed by atoms with Gasteiger partial charge in [-0.3, -0.25) is 0 Å². The van der Waals surface area contributed by atoms with Gasteiger partial charge < -0.3 is 5.11 Å². The molecule has 1 aromatic heterocycles. The maximum absolute atomic E-state index is 10.7. The number of para-hydroxylation sites is 1. The SMILES string of the molecule is Cc1ccc(-n2nnc3ccccc32)c(/C=C/C(=O)O)c1. The minimum Gasteiger partial charge on any atom is -0.478 e. The second-order valence-electron chi connectivity index (χ2n) is 4.72. The average molecular weight is 279 g/mol. The number of carboxylic acids is 1. The number of fused-ring (bicyclic) bond motifs is 1. The van der Waals surface area contributed by atoms with E-state index in [1.807, 2.05) is 49.4 Å². The summed E-state index contributed by atoms with van der Waals surface area (Å²) in [5, 5.41) is 17.1. The number of aryl methyl sites for hydroxylation is 1. The third-order valence-corrected chi connectivity index (χ3v) is 3.17. The van der Waals surface area contributed by atoms with Gasteiger partial charge >= 0.3 is 5.97 Å². The summed E-state index contributed by atoms with van der Waals surface area (Å²) >= 11 is 0. The summed E-state index contributed by atoms with van der Waals surface area (Å²) in [7, 11) is 0. The van der Waals surface area contributed by atoms with E-state index >= 15 is 0 Å². The molecule has 0 amide bonds. The molecule has 104 valence electrons. The van der Waals surface area contributed by atoms with Crippen LogP contribution < -0.4 is 0 Å². The topological polar surface area (TPSA) is 68.0 Å². The smallest absolute Gasteiger partial charge is 0.328 e. The first-order valence-electron chi connectivity index (χ1n) is 6.47. The zero-order chi connectivity index (χ0) is 14.8. The van der Waals surface area contributed by atoms with E-state index in [4.69, 9.17) is 5.11 Å². The number of carboxylic acid groups (broad SMARTS) is 1. The minimum absolute atomic E-state index is 0.785. The Kier molecular flexibility index (Phi) is 3.23. The lowest BCUT2D eigenvalue weighted by Gasteiger charge is -2.07. The van der Waals surface area contributed by atoms with E-state index in [1.165, 1.54) is 0 Å². The van der Waals surface area contributed by atoms with Crippen LogP contribution >= 0.6 is 0 Å². The molecule has 0 atom stereocenters. The molecular weight excluding hydrogens is 266 g/mol. The van der Waals surface area contributed by atoms with Crippen LogP contribution in [0.1, 0.15) is 11.1 Å². The Morgan fingerprint density at radius 2 is 2.05 bits per heavy atom. The maximum Gasteiger partial charge on any atom is 0.328 e. The van der Waals surface area contributed by atoms with Crippen molar-refractivity contribution in [1.82, 2.24) is 15.0 Å². The fourth-order valence-electron chi connectivity index (χ4n) is 2.21. The van der Waals surface area contributed by atoms with Crippen molar-refractivity contribution < 1.29 is 9.90 Å². The summed E-state index contributed by atoms with van der Waals surface area (Å²) in [5.41, 5.74) is 4.31. The van der Waals surface area contributed by atoms with Gasteiger partial charge in [0.25, 0.3) is 0 Å². The summed E-state index contributed by atoms with van der Waals surface area (Å²) in [6, 6.07) is 13.4. The van der Waals surface area contributed by atoms with Crippen LogP contribution in [0, 0.1) is 6.92 Å². The van der Waals surface area contributed by atoms with Crippen LogP contribution in [0.5, 0.6) is 0 Å². The standard InChI is InChI=1S/C16H13N3O2/c1-11-6-8-14(12(10-11)7-9-16(20)21)19-15-5-3-2-4-13(15)17-18-19/h2-10H,1H3,(H,20,21)/b9-7+. The van der Waals surface area contributed by atoms with Gasteiger partial charge in [0.05, 0.1) is 11.2 Å². The molecular formula is C16H13N3O2. The Bertz CT molecular complexity index is 850. The highest BCUT2D eigenvalue weighted by Crippen LogP contribution is 2.21. The molecule has 21 heavy (non-hydrogen) atoms. The summed E-state index contributed by atoms with van der Waals surface area (Å²) < 4.78 is 1.72. The highest BCUT2D eigenvalue weighted by atomic mass is 16.4. The third kappa shape index (κ3) is 2.53. The molecule has 0 saturated carbocycles. The summed E-state index contributed by atoms with van der Waals surface area (Å²) in [6.45, 7) is 1.96. The van der Waals surface area contributed by atoms with Crippen LogP contribution in [-0.4, -0.2) is 26.1 Å². The van der Waals surface area contributed by atoms with Crippen molar-refractivity contribution in [3.05, 3.63) is 59.7 Å². The molecule has 0 radical (unpaired) electrons. The van der Waals surface area contributed by atoms with Crippen molar-refractivity contribution in [2.24, 2.45) is 0 Å². The van der Waals surface area contributed by atoms with Gasteiger partial charge in [-0.1, -0.05) is 29.0 Å². The van der Waals surface area contributed by atoms with Crippen molar-refractivity contribution in [1.29, 1.82) is 0 Å². The van der Waals surface area contributed by atoms with Crippen LogP contribution in [0.2, 0.25) is 0 Å². The van der Waals surface area contributed by atoms with E-state index in [2.05, 4.69) is 10.3 Å². The fourth-order valence-corrected chi connectivity index (χ4v) is 2.21. The van der Waals surface area contributed by atoms with E-state index in [1.54, 1.807) is 10.8 Å². The zero-order valence-corrected chi connectivity index (χ0v) is 11.4. The highest BCUT2D eigenvalue weighted by molar-refractivity contribution is 5.86. The van der Waals surface area contributed by atoms with Crippen LogP contribution in [0.3, 0.4) is 0 Å². The number of carbonyl (C=O) groups is 1.